The monoisotopic (exact) mass is 259 g/mol. The highest BCUT2D eigenvalue weighted by Gasteiger charge is 2.41. The Bertz CT molecular complexity index is 264. The zero-order chi connectivity index (χ0) is 9.31. The minimum Gasteiger partial charge on any atom is -0.253 e. The number of halogens is 1. The molecule has 0 amide bonds. The minimum atomic E-state index is 0.548. The summed E-state index contributed by atoms with van der Waals surface area (Å²) in [5.74, 6) is 0.922. The van der Waals surface area contributed by atoms with Gasteiger partial charge >= 0.3 is 0 Å². The number of thiazole rings is 1. The molecular formula is C10H14BrNS. The van der Waals surface area contributed by atoms with Crippen molar-refractivity contribution in [3.63, 3.8) is 0 Å². The Balaban J connectivity index is 2.00. The molecule has 1 fully saturated rings. The second-order valence-corrected chi connectivity index (χ2v) is 5.82. The van der Waals surface area contributed by atoms with E-state index in [2.05, 4.69) is 27.8 Å². The number of alkyl halides is 1. The Labute approximate surface area is 91.7 Å². The standard InChI is InChI=1S/C10H14BrNS/c1-8-2-10(3-8,6-11)4-9-5-12-7-13-9/h5,7-8H,2-4,6H2,1H3. The van der Waals surface area contributed by atoms with Crippen LogP contribution in [0.1, 0.15) is 24.6 Å². The van der Waals surface area contributed by atoms with Crippen molar-refractivity contribution in [2.45, 2.75) is 26.2 Å². The molecule has 1 nitrogen and oxygen atoms in total. The largest absolute Gasteiger partial charge is 0.253 e. The summed E-state index contributed by atoms with van der Waals surface area (Å²) in [6.45, 7) is 2.34. The molecule has 0 saturated heterocycles. The van der Waals surface area contributed by atoms with E-state index in [-0.39, 0.29) is 0 Å². The zero-order valence-electron chi connectivity index (χ0n) is 7.79. The Kier molecular flexibility index (Phi) is 2.75. The van der Waals surface area contributed by atoms with Crippen LogP contribution in [-0.4, -0.2) is 10.3 Å². The summed E-state index contributed by atoms with van der Waals surface area (Å²) in [5.41, 5.74) is 2.48. The Morgan fingerprint density at radius 2 is 2.46 bits per heavy atom. The maximum absolute atomic E-state index is 4.12. The molecule has 0 unspecified atom stereocenters. The van der Waals surface area contributed by atoms with Crippen molar-refractivity contribution in [1.82, 2.24) is 4.98 Å². The van der Waals surface area contributed by atoms with E-state index in [4.69, 9.17) is 0 Å². The highest BCUT2D eigenvalue weighted by Crippen LogP contribution is 2.49. The molecule has 72 valence electrons. The second-order valence-electron chi connectivity index (χ2n) is 4.29. The molecule has 0 bridgehead atoms. The number of aromatic nitrogens is 1. The van der Waals surface area contributed by atoms with Gasteiger partial charge in [0.1, 0.15) is 0 Å². The summed E-state index contributed by atoms with van der Waals surface area (Å²) >= 11 is 5.42. The second kappa shape index (κ2) is 3.70. The average molecular weight is 260 g/mol. The molecular weight excluding hydrogens is 246 g/mol. The Hall–Kier alpha value is 0.110. The first-order valence-electron chi connectivity index (χ1n) is 4.67. The maximum atomic E-state index is 4.12. The molecule has 1 aliphatic rings. The van der Waals surface area contributed by atoms with E-state index in [0.717, 1.165) is 11.2 Å². The first-order valence-corrected chi connectivity index (χ1v) is 6.67. The molecule has 0 aromatic carbocycles. The van der Waals surface area contributed by atoms with E-state index >= 15 is 0 Å². The zero-order valence-corrected chi connectivity index (χ0v) is 10.2. The van der Waals surface area contributed by atoms with Crippen molar-refractivity contribution in [3.8, 4) is 0 Å². The summed E-state index contributed by atoms with van der Waals surface area (Å²) < 4.78 is 0. The van der Waals surface area contributed by atoms with E-state index in [1.54, 1.807) is 11.3 Å². The predicted molar refractivity (Wildman–Crippen MR) is 60.4 cm³/mol. The first-order chi connectivity index (χ1) is 6.24. The van der Waals surface area contributed by atoms with Gasteiger partial charge < -0.3 is 0 Å². The van der Waals surface area contributed by atoms with Crippen molar-refractivity contribution in [1.29, 1.82) is 0 Å². The molecule has 2 rings (SSSR count). The van der Waals surface area contributed by atoms with E-state index in [1.165, 1.54) is 24.1 Å². The number of nitrogens with zero attached hydrogens (tertiary/aromatic N) is 1. The molecule has 0 atom stereocenters. The lowest BCUT2D eigenvalue weighted by Crippen LogP contribution is -2.39. The SMILES string of the molecule is CC1CC(CBr)(Cc2cncs2)C1. The highest BCUT2D eigenvalue weighted by atomic mass is 79.9. The molecule has 13 heavy (non-hydrogen) atoms. The fraction of sp³-hybridized carbons (Fsp3) is 0.700. The molecule has 0 N–H and O–H groups in total. The summed E-state index contributed by atoms with van der Waals surface area (Å²) in [6.07, 6.45) is 5.97. The van der Waals surface area contributed by atoms with Gasteiger partial charge in [0.05, 0.1) is 5.51 Å². The predicted octanol–water partition coefficient (Wildman–Crippen LogP) is 3.50. The van der Waals surface area contributed by atoms with Crippen molar-refractivity contribution in [3.05, 3.63) is 16.6 Å². The number of hydrogen-bond donors (Lipinski definition) is 0. The van der Waals surface area contributed by atoms with Crippen LogP contribution in [0.3, 0.4) is 0 Å². The lowest BCUT2D eigenvalue weighted by Gasteiger charge is -2.45. The number of rotatable bonds is 3. The van der Waals surface area contributed by atoms with Gasteiger partial charge in [0, 0.05) is 16.4 Å². The van der Waals surface area contributed by atoms with Crippen LogP contribution in [0.2, 0.25) is 0 Å². The molecule has 3 heteroatoms. The fourth-order valence-electron chi connectivity index (χ4n) is 2.42. The third-order valence-electron chi connectivity index (χ3n) is 2.88. The molecule has 1 saturated carbocycles. The molecule has 1 aromatic heterocycles. The van der Waals surface area contributed by atoms with Gasteiger partial charge in [-0.25, -0.2) is 0 Å². The Morgan fingerprint density at radius 3 is 2.92 bits per heavy atom. The maximum Gasteiger partial charge on any atom is 0.0794 e. The van der Waals surface area contributed by atoms with Gasteiger partial charge in [-0.2, -0.15) is 0 Å². The van der Waals surface area contributed by atoms with E-state index < -0.39 is 0 Å². The summed E-state index contributed by atoms with van der Waals surface area (Å²) in [6, 6.07) is 0. The first kappa shape index (κ1) is 9.66. The van der Waals surface area contributed by atoms with Crippen molar-refractivity contribution >= 4 is 27.3 Å². The highest BCUT2D eigenvalue weighted by molar-refractivity contribution is 9.09. The van der Waals surface area contributed by atoms with Crippen LogP contribution >= 0.6 is 27.3 Å². The van der Waals surface area contributed by atoms with Gasteiger partial charge in [0.25, 0.3) is 0 Å². The van der Waals surface area contributed by atoms with Crippen molar-refractivity contribution in [2.75, 3.05) is 5.33 Å². The third kappa shape index (κ3) is 1.96. The van der Waals surface area contributed by atoms with Gasteiger partial charge in [-0.05, 0) is 30.6 Å². The van der Waals surface area contributed by atoms with Crippen molar-refractivity contribution in [2.24, 2.45) is 11.3 Å². The molecule has 0 aliphatic heterocycles. The van der Waals surface area contributed by atoms with Gasteiger partial charge in [-0.3, -0.25) is 4.98 Å². The van der Waals surface area contributed by atoms with Crippen LogP contribution in [0.15, 0.2) is 11.7 Å². The van der Waals surface area contributed by atoms with E-state index in [9.17, 15) is 0 Å². The van der Waals surface area contributed by atoms with Crippen LogP contribution < -0.4 is 0 Å². The van der Waals surface area contributed by atoms with Crippen LogP contribution in [0.5, 0.6) is 0 Å². The minimum absolute atomic E-state index is 0.548. The normalized spacial score (nSPS) is 32.9. The molecule has 0 spiro atoms. The van der Waals surface area contributed by atoms with Crippen LogP contribution in [0.4, 0.5) is 0 Å². The lowest BCUT2D eigenvalue weighted by atomic mass is 9.62. The Morgan fingerprint density at radius 1 is 1.69 bits per heavy atom. The third-order valence-corrected chi connectivity index (χ3v) is 4.85. The van der Waals surface area contributed by atoms with E-state index in [1.807, 2.05) is 11.7 Å². The molecule has 1 aliphatic carbocycles. The molecule has 0 radical (unpaired) electrons. The summed E-state index contributed by atoms with van der Waals surface area (Å²) in [7, 11) is 0. The quantitative estimate of drug-likeness (QED) is 0.758. The van der Waals surface area contributed by atoms with Crippen LogP contribution in [0, 0.1) is 11.3 Å². The van der Waals surface area contributed by atoms with Gasteiger partial charge in [-0.15, -0.1) is 11.3 Å². The van der Waals surface area contributed by atoms with Gasteiger partial charge in [0.2, 0.25) is 0 Å². The van der Waals surface area contributed by atoms with Crippen LogP contribution in [-0.2, 0) is 6.42 Å². The summed E-state index contributed by atoms with van der Waals surface area (Å²) in [4.78, 5) is 5.56. The van der Waals surface area contributed by atoms with Crippen LogP contribution in [0.25, 0.3) is 0 Å². The van der Waals surface area contributed by atoms with Crippen molar-refractivity contribution < 1.29 is 0 Å². The summed E-state index contributed by atoms with van der Waals surface area (Å²) in [5, 5.41) is 1.14. The lowest BCUT2D eigenvalue weighted by molar-refractivity contribution is 0.0964. The van der Waals surface area contributed by atoms with E-state index in [0.29, 0.717) is 5.41 Å². The number of hydrogen-bond acceptors (Lipinski definition) is 2. The smallest absolute Gasteiger partial charge is 0.0794 e. The molecule has 1 aromatic rings. The molecule has 1 heterocycles. The topological polar surface area (TPSA) is 12.9 Å². The van der Waals surface area contributed by atoms with Gasteiger partial charge in [0.15, 0.2) is 0 Å². The average Bonchev–Trinajstić information content (AvgIpc) is 2.53. The van der Waals surface area contributed by atoms with Gasteiger partial charge in [-0.1, -0.05) is 22.9 Å². The fourth-order valence-corrected chi connectivity index (χ4v) is 3.84.